The van der Waals surface area contributed by atoms with Crippen molar-refractivity contribution in [3.63, 3.8) is 0 Å². The molecule has 144 valence electrons. The van der Waals surface area contributed by atoms with Crippen molar-refractivity contribution >= 4 is 22.9 Å². The van der Waals surface area contributed by atoms with Crippen molar-refractivity contribution in [2.75, 3.05) is 17.3 Å². The molecular weight excluding hydrogens is 344 g/mol. The predicted molar refractivity (Wildman–Crippen MR) is 111 cm³/mol. The molecule has 1 nitrogen and oxygen atoms in total. The van der Waals surface area contributed by atoms with Crippen molar-refractivity contribution < 1.29 is 4.55 Å². The second-order valence-corrected chi connectivity index (χ2v) is 13.5. The lowest BCUT2D eigenvalue weighted by atomic mass is 9.66. The van der Waals surface area contributed by atoms with Crippen LogP contribution < -0.4 is 0 Å². The lowest BCUT2D eigenvalue weighted by molar-refractivity contribution is 0.117. The highest BCUT2D eigenvalue weighted by atomic mass is 32.2. The highest BCUT2D eigenvalue weighted by Gasteiger charge is 2.57. The Morgan fingerprint density at radius 1 is 1.04 bits per heavy atom. The Morgan fingerprint density at radius 2 is 1.76 bits per heavy atom. The van der Waals surface area contributed by atoms with Gasteiger partial charge in [-0.25, -0.2) is 0 Å². The largest absolute Gasteiger partial charge is 0.616 e. The van der Waals surface area contributed by atoms with Crippen LogP contribution in [0.4, 0.5) is 0 Å². The summed E-state index contributed by atoms with van der Waals surface area (Å²) in [7, 11) is 0. The van der Waals surface area contributed by atoms with E-state index in [4.69, 9.17) is 0 Å². The highest BCUT2D eigenvalue weighted by Crippen LogP contribution is 2.62. The van der Waals surface area contributed by atoms with Gasteiger partial charge >= 0.3 is 0 Å². The van der Waals surface area contributed by atoms with Crippen LogP contribution in [0.5, 0.6) is 0 Å². The molecule has 2 aliphatic carbocycles. The molecule has 0 N–H and O–H groups in total. The summed E-state index contributed by atoms with van der Waals surface area (Å²) in [5.74, 6) is 8.46. The van der Waals surface area contributed by atoms with Gasteiger partial charge in [0.05, 0.1) is 0 Å². The van der Waals surface area contributed by atoms with Gasteiger partial charge in [-0.15, -0.1) is 0 Å². The predicted octanol–water partition coefficient (Wildman–Crippen LogP) is 5.61. The van der Waals surface area contributed by atoms with E-state index in [1.165, 1.54) is 37.9 Å². The maximum Gasteiger partial charge on any atom is 0.109 e. The van der Waals surface area contributed by atoms with Crippen LogP contribution in [0.15, 0.2) is 0 Å². The minimum atomic E-state index is -0.524. The van der Waals surface area contributed by atoms with E-state index in [2.05, 4.69) is 46.4 Å². The van der Waals surface area contributed by atoms with E-state index in [-0.39, 0.29) is 0 Å². The second-order valence-electron chi connectivity index (χ2n) is 10.7. The average molecular weight is 383 g/mol. The van der Waals surface area contributed by atoms with Gasteiger partial charge in [0.15, 0.2) is 0 Å². The van der Waals surface area contributed by atoms with Crippen molar-refractivity contribution in [2.24, 2.45) is 46.3 Å². The van der Waals surface area contributed by atoms with Crippen LogP contribution in [0, 0.1) is 46.3 Å². The van der Waals surface area contributed by atoms with Gasteiger partial charge in [-0.2, -0.15) is 11.8 Å². The van der Waals surface area contributed by atoms with Gasteiger partial charge in [-0.05, 0) is 72.4 Å². The molecule has 4 aliphatic rings. The van der Waals surface area contributed by atoms with Gasteiger partial charge in [0.1, 0.15) is 11.5 Å². The van der Waals surface area contributed by atoms with Gasteiger partial charge in [0, 0.05) is 17.1 Å². The quantitative estimate of drug-likeness (QED) is 0.590. The Labute approximate surface area is 163 Å². The molecule has 0 aromatic rings. The monoisotopic (exact) mass is 382 g/mol. The van der Waals surface area contributed by atoms with E-state index in [9.17, 15) is 4.55 Å². The van der Waals surface area contributed by atoms with Gasteiger partial charge in [-0.3, -0.25) is 0 Å². The molecule has 0 aromatic carbocycles. The summed E-state index contributed by atoms with van der Waals surface area (Å²) in [6.07, 6.45) is 7.05. The fourth-order valence-corrected chi connectivity index (χ4v) is 11.3. The van der Waals surface area contributed by atoms with Crippen molar-refractivity contribution in [3.8, 4) is 0 Å². The van der Waals surface area contributed by atoms with Crippen LogP contribution >= 0.6 is 11.8 Å². The van der Waals surface area contributed by atoms with Gasteiger partial charge in [-0.1, -0.05) is 45.8 Å². The van der Waals surface area contributed by atoms with Crippen molar-refractivity contribution in [2.45, 2.75) is 72.0 Å². The normalized spacial score (nSPS) is 53.4. The molecule has 2 heterocycles. The lowest BCUT2D eigenvalue weighted by Crippen LogP contribution is -2.35. The molecule has 0 spiro atoms. The summed E-state index contributed by atoms with van der Waals surface area (Å²) in [6.45, 7) is 12.6. The molecule has 0 amide bonds. The summed E-state index contributed by atoms with van der Waals surface area (Å²) in [5, 5.41) is 0.892. The van der Waals surface area contributed by atoms with E-state index in [0.29, 0.717) is 10.8 Å². The Bertz CT molecular complexity index is 508. The molecule has 0 radical (unpaired) electrons. The van der Waals surface area contributed by atoms with Crippen LogP contribution in [0.25, 0.3) is 0 Å². The van der Waals surface area contributed by atoms with Crippen LogP contribution in [0.1, 0.15) is 66.7 Å². The first-order chi connectivity index (χ1) is 11.8. The average Bonchev–Trinajstić information content (AvgIpc) is 3.26. The molecule has 0 bridgehead atoms. The van der Waals surface area contributed by atoms with Crippen LogP contribution in [-0.2, 0) is 11.2 Å². The number of hydrogen-bond acceptors (Lipinski definition) is 2. The molecule has 3 heteroatoms. The number of hydrogen-bond donors (Lipinski definition) is 0. The SMILES string of the molecule is CC(C)C1(C)CCC2C(CC(C)C3(C)CCC4C[S+]([O-])CC43)SCC21. The molecule has 2 saturated carbocycles. The zero-order valence-corrected chi connectivity index (χ0v) is 18.6. The molecule has 9 atom stereocenters. The van der Waals surface area contributed by atoms with Crippen molar-refractivity contribution in [1.29, 1.82) is 0 Å². The molecule has 0 aromatic heterocycles. The second kappa shape index (κ2) is 6.62. The fourth-order valence-electron chi connectivity index (χ4n) is 7.11. The van der Waals surface area contributed by atoms with Gasteiger partial charge < -0.3 is 4.55 Å². The summed E-state index contributed by atoms with van der Waals surface area (Å²) in [6, 6.07) is 0. The van der Waals surface area contributed by atoms with Crippen LogP contribution in [0.3, 0.4) is 0 Å². The topological polar surface area (TPSA) is 23.1 Å². The van der Waals surface area contributed by atoms with E-state index < -0.39 is 11.2 Å². The summed E-state index contributed by atoms with van der Waals surface area (Å²) in [5.41, 5.74) is 1.04. The van der Waals surface area contributed by atoms with E-state index in [1.807, 2.05) is 0 Å². The summed E-state index contributed by atoms with van der Waals surface area (Å²) < 4.78 is 12.1. The minimum Gasteiger partial charge on any atom is -0.616 e. The zero-order valence-electron chi connectivity index (χ0n) is 16.9. The smallest absolute Gasteiger partial charge is 0.109 e. The number of rotatable bonds is 4. The van der Waals surface area contributed by atoms with Crippen molar-refractivity contribution in [3.05, 3.63) is 0 Å². The Balaban J connectivity index is 1.43. The van der Waals surface area contributed by atoms with Crippen LogP contribution in [0.2, 0.25) is 0 Å². The molecule has 2 aliphatic heterocycles. The van der Waals surface area contributed by atoms with Crippen LogP contribution in [-0.4, -0.2) is 27.1 Å². The molecule has 4 fully saturated rings. The molecule has 25 heavy (non-hydrogen) atoms. The molecule has 9 unspecified atom stereocenters. The Hall–Kier alpha value is 0.660. The standard InChI is InChI=1S/C22H38OS2/c1-14(2)21(4)9-7-17-18(21)11-24-20(17)10-15(3)22(5)8-6-16-12-25(23)13-19(16)22/h14-20H,6-13H2,1-5H3. The molecule has 2 saturated heterocycles. The molecular formula is C22H38OS2. The number of thioether (sulfide) groups is 1. The highest BCUT2D eigenvalue weighted by molar-refractivity contribution is 8.00. The first kappa shape index (κ1) is 19.0. The minimum absolute atomic E-state index is 0.454. The fraction of sp³-hybridized carbons (Fsp3) is 1.00. The van der Waals surface area contributed by atoms with Gasteiger partial charge in [0.2, 0.25) is 0 Å². The summed E-state index contributed by atoms with van der Waals surface area (Å²) in [4.78, 5) is 0. The Morgan fingerprint density at radius 3 is 2.48 bits per heavy atom. The van der Waals surface area contributed by atoms with Crippen molar-refractivity contribution in [1.82, 2.24) is 0 Å². The number of fused-ring (bicyclic) bond motifs is 2. The Kier molecular flexibility index (Phi) is 5.03. The van der Waals surface area contributed by atoms with E-state index >= 15 is 0 Å². The maximum absolute atomic E-state index is 12.1. The zero-order chi connectivity index (χ0) is 18.0. The van der Waals surface area contributed by atoms with Gasteiger partial charge in [0.25, 0.3) is 0 Å². The third-order valence-corrected chi connectivity index (χ3v) is 12.7. The van der Waals surface area contributed by atoms with E-state index in [1.54, 1.807) is 0 Å². The third-order valence-electron chi connectivity index (χ3n) is 9.61. The van der Waals surface area contributed by atoms with E-state index in [0.717, 1.165) is 52.3 Å². The third kappa shape index (κ3) is 2.94. The molecule has 4 rings (SSSR count). The summed E-state index contributed by atoms with van der Waals surface area (Å²) >= 11 is 1.78. The maximum atomic E-state index is 12.1. The first-order valence-corrected chi connectivity index (χ1v) is 13.3. The lowest BCUT2D eigenvalue weighted by Gasteiger charge is -2.38. The first-order valence-electron chi connectivity index (χ1n) is 10.7.